The molecule has 2 heterocycles. The zero-order valence-electron chi connectivity index (χ0n) is 12.4. The zero-order valence-corrected chi connectivity index (χ0v) is 14.0. The van der Waals surface area contributed by atoms with Gasteiger partial charge in [0, 0.05) is 0 Å². The minimum Gasteiger partial charge on any atom is -0.320 e. The van der Waals surface area contributed by atoms with E-state index in [1.807, 2.05) is 17.5 Å². The average Bonchev–Trinajstić information content (AvgIpc) is 3.21. The first kappa shape index (κ1) is 16.6. The van der Waals surface area contributed by atoms with Crippen molar-refractivity contribution >= 4 is 34.7 Å². The second-order valence-electron chi connectivity index (χ2n) is 4.79. The van der Waals surface area contributed by atoms with Crippen LogP contribution in [0.2, 0.25) is 0 Å². The summed E-state index contributed by atoms with van der Waals surface area (Å²) in [6, 6.07) is 7.20. The number of H-pyrrole nitrogens is 1. The Balaban J connectivity index is 1.66. The van der Waals surface area contributed by atoms with E-state index >= 15 is 0 Å². The first-order valence-corrected chi connectivity index (χ1v) is 8.68. The molecule has 3 rings (SSSR count). The zero-order chi connectivity index (χ0) is 17.1. The van der Waals surface area contributed by atoms with Crippen LogP contribution in [0.4, 0.5) is 14.5 Å². The van der Waals surface area contributed by atoms with Crippen LogP contribution in [0.1, 0.15) is 6.92 Å². The number of benzene rings is 1. The van der Waals surface area contributed by atoms with E-state index in [9.17, 15) is 13.6 Å². The maximum atomic E-state index is 13.6. The molecule has 0 radical (unpaired) electrons. The van der Waals surface area contributed by atoms with E-state index in [1.165, 1.54) is 17.4 Å². The van der Waals surface area contributed by atoms with Gasteiger partial charge in [-0.25, -0.2) is 13.8 Å². The van der Waals surface area contributed by atoms with Crippen LogP contribution in [-0.2, 0) is 4.79 Å². The third-order valence-electron chi connectivity index (χ3n) is 3.08. The molecule has 5 nitrogen and oxygen atoms in total. The first-order valence-electron chi connectivity index (χ1n) is 6.92. The van der Waals surface area contributed by atoms with Gasteiger partial charge >= 0.3 is 0 Å². The monoisotopic (exact) mass is 366 g/mol. The van der Waals surface area contributed by atoms with Crippen LogP contribution < -0.4 is 5.32 Å². The summed E-state index contributed by atoms with van der Waals surface area (Å²) in [5, 5.41) is 10.8. The van der Waals surface area contributed by atoms with Gasteiger partial charge in [0.2, 0.25) is 11.1 Å². The summed E-state index contributed by atoms with van der Waals surface area (Å²) in [4.78, 5) is 17.4. The van der Waals surface area contributed by atoms with Gasteiger partial charge in [-0.3, -0.25) is 9.89 Å². The van der Waals surface area contributed by atoms with Crippen molar-refractivity contribution in [3.63, 3.8) is 0 Å². The molecule has 24 heavy (non-hydrogen) atoms. The molecular weight excluding hydrogens is 354 g/mol. The Morgan fingerprint density at radius 3 is 2.71 bits per heavy atom. The fourth-order valence-corrected chi connectivity index (χ4v) is 3.26. The predicted molar refractivity (Wildman–Crippen MR) is 90.0 cm³/mol. The van der Waals surface area contributed by atoms with E-state index in [2.05, 4.69) is 20.5 Å². The highest BCUT2D eigenvalue weighted by Gasteiger charge is 2.20. The highest BCUT2D eigenvalue weighted by atomic mass is 32.2. The molecule has 1 atom stereocenters. The summed E-state index contributed by atoms with van der Waals surface area (Å²) in [6.45, 7) is 1.61. The number of hydrogen-bond donors (Lipinski definition) is 2. The van der Waals surface area contributed by atoms with Crippen LogP contribution in [0, 0.1) is 11.6 Å². The maximum Gasteiger partial charge on any atom is 0.237 e. The van der Waals surface area contributed by atoms with Gasteiger partial charge in [0.05, 0.1) is 10.1 Å². The number of amides is 1. The lowest BCUT2D eigenvalue weighted by atomic mass is 10.3. The van der Waals surface area contributed by atoms with Gasteiger partial charge < -0.3 is 5.32 Å². The Kier molecular flexibility index (Phi) is 4.91. The van der Waals surface area contributed by atoms with Gasteiger partial charge in [0.1, 0.15) is 17.3 Å². The molecule has 0 bridgehead atoms. The van der Waals surface area contributed by atoms with Crippen molar-refractivity contribution in [2.24, 2.45) is 0 Å². The molecule has 9 heteroatoms. The summed E-state index contributed by atoms with van der Waals surface area (Å²) in [5.74, 6) is -1.57. The van der Waals surface area contributed by atoms with Gasteiger partial charge in [0.15, 0.2) is 5.82 Å². The minimum absolute atomic E-state index is 0.384. The third-order valence-corrected chi connectivity index (χ3v) is 4.92. The Hall–Kier alpha value is -2.26. The molecule has 0 aliphatic rings. The summed E-state index contributed by atoms with van der Waals surface area (Å²) in [7, 11) is 0. The van der Waals surface area contributed by atoms with Gasteiger partial charge in [-0.1, -0.05) is 23.9 Å². The number of thioether (sulfide) groups is 1. The molecule has 1 amide bonds. The normalized spacial score (nSPS) is 12.1. The number of aromatic amines is 1. The summed E-state index contributed by atoms with van der Waals surface area (Å²) < 4.78 is 27.1. The van der Waals surface area contributed by atoms with Crippen LogP contribution in [-0.4, -0.2) is 26.3 Å². The van der Waals surface area contributed by atoms with Crippen LogP contribution in [0.25, 0.3) is 10.7 Å². The molecule has 0 saturated carbocycles. The van der Waals surface area contributed by atoms with Gasteiger partial charge in [-0.2, -0.15) is 0 Å². The first-order chi connectivity index (χ1) is 11.5. The number of thiophene rings is 1. The number of carbonyl (C=O) groups excluding carboxylic acids is 1. The molecule has 2 N–H and O–H groups in total. The predicted octanol–water partition coefficient (Wildman–Crippen LogP) is 3.93. The van der Waals surface area contributed by atoms with Crippen molar-refractivity contribution in [1.82, 2.24) is 15.2 Å². The lowest BCUT2D eigenvalue weighted by molar-refractivity contribution is -0.115. The molecule has 1 aromatic carbocycles. The van der Waals surface area contributed by atoms with Crippen molar-refractivity contribution < 1.29 is 13.6 Å². The maximum absolute atomic E-state index is 13.6. The van der Waals surface area contributed by atoms with Crippen LogP contribution in [0.5, 0.6) is 0 Å². The highest BCUT2D eigenvalue weighted by molar-refractivity contribution is 8.00. The summed E-state index contributed by atoms with van der Waals surface area (Å²) >= 11 is 2.61. The third kappa shape index (κ3) is 3.62. The Morgan fingerprint density at radius 2 is 2.04 bits per heavy atom. The number of aromatic nitrogens is 3. The second-order valence-corrected chi connectivity index (χ2v) is 7.05. The molecular formula is C15H12F2N4OS2. The van der Waals surface area contributed by atoms with E-state index in [4.69, 9.17) is 0 Å². The number of halogens is 2. The molecule has 0 unspecified atom stereocenters. The largest absolute Gasteiger partial charge is 0.320 e. The number of rotatable bonds is 5. The molecule has 124 valence electrons. The Morgan fingerprint density at radius 1 is 1.29 bits per heavy atom. The van der Waals surface area contributed by atoms with E-state index < -0.39 is 28.5 Å². The van der Waals surface area contributed by atoms with Crippen LogP contribution in [0.3, 0.4) is 0 Å². The van der Waals surface area contributed by atoms with Crippen molar-refractivity contribution in [3.8, 4) is 10.7 Å². The van der Waals surface area contributed by atoms with Crippen molar-refractivity contribution in [2.45, 2.75) is 17.3 Å². The number of nitrogens with one attached hydrogen (secondary N) is 2. The van der Waals surface area contributed by atoms with Crippen molar-refractivity contribution in [2.75, 3.05) is 5.32 Å². The summed E-state index contributed by atoms with van der Waals surface area (Å²) in [6.07, 6.45) is 0. The van der Waals surface area contributed by atoms with Gasteiger partial charge in [0.25, 0.3) is 0 Å². The van der Waals surface area contributed by atoms with Gasteiger partial charge in [-0.15, -0.1) is 16.4 Å². The summed E-state index contributed by atoms with van der Waals surface area (Å²) in [5.41, 5.74) is -0.454. The molecule has 2 aromatic heterocycles. The lowest BCUT2D eigenvalue weighted by Crippen LogP contribution is -2.23. The molecule has 0 aliphatic carbocycles. The number of carbonyl (C=O) groups is 1. The molecule has 0 aliphatic heterocycles. The topological polar surface area (TPSA) is 70.7 Å². The number of para-hydroxylation sites is 1. The number of hydrogen-bond acceptors (Lipinski definition) is 5. The average molecular weight is 366 g/mol. The van der Waals surface area contributed by atoms with Crippen molar-refractivity contribution in [1.29, 1.82) is 0 Å². The SMILES string of the molecule is C[C@@H](Sc1n[nH]c(-c2cccs2)n1)C(=O)Nc1c(F)cccc1F. The minimum atomic E-state index is -0.821. The van der Waals surface area contributed by atoms with Crippen molar-refractivity contribution in [3.05, 3.63) is 47.3 Å². The van der Waals surface area contributed by atoms with E-state index in [0.717, 1.165) is 28.8 Å². The van der Waals surface area contributed by atoms with Gasteiger partial charge in [-0.05, 0) is 30.5 Å². The number of nitrogens with zero attached hydrogens (tertiary/aromatic N) is 2. The molecule has 0 spiro atoms. The molecule has 0 fully saturated rings. The van der Waals surface area contributed by atoms with Crippen LogP contribution >= 0.6 is 23.1 Å². The quantitative estimate of drug-likeness (QED) is 0.671. The number of anilines is 1. The molecule has 0 saturated heterocycles. The van der Waals surface area contributed by atoms with E-state index in [1.54, 1.807) is 6.92 Å². The fraction of sp³-hybridized carbons (Fsp3) is 0.133. The lowest BCUT2D eigenvalue weighted by Gasteiger charge is -2.11. The molecule has 3 aromatic rings. The smallest absolute Gasteiger partial charge is 0.237 e. The van der Waals surface area contributed by atoms with Crippen LogP contribution in [0.15, 0.2) is 40.9 Å². The highest BCUT2D eigenvalue weighted by Crippen LogP contribution is 2.26. The standard InChI is InChI=1S/C15H12F2N4OS2/c1-8(14(22)18-12-9(16)4-2-5-10(12)17)24-15-19-13(20-21-15)11-6-3-7-23-11/h2-8H,1H3,(H,18,22)(H,19,20,21)/t8-/m1/s1. The Labute approximate surface area is 144 Å². The fourth-order valence-electron chi connectivity index (χ4n) is 1.88. The van der Waals surface area contributed by atoms with E-state index in [-0.39, 0.29) is 0 Å². The second kappa shape index (κ2) is 7.10. The Bertz CT molecular complexity index is 831. The van der Waals surface area contributed by atoms with E-state index in [0.29, 0.717) is 11.0 Å².